The second-order valence-corrected chi connectivity index (χ2v) is 7.20. The summed E-state index contributed by atoms with van der Waals surface area (Å²) in [5.74, 6) is 0. The van der Waals surface area contributed by atoms with E-state index in [1.807, 2.05) is 32.9 Å². The third kappa shape index (κ3) is 2.37. The zero-order chi connectivity index (χ0) is 11.8. The van der Waals surface area contributed by atoms with Crippen LogP contribution in [0.4, 0.5) is 0 Å². The molecule has 15 heavy (non-hydrogen) atoms. The maximum absolute atomic E-state index is 12.0. The van der Waals surface area contributed by atoms with Crippen molar-refractivity contribution >= 4 is 22.5 Å². The molecule has 1 aromatic carbocycles. The molecule has 1 unspecified atom stereocenters. The van der Waals surface area contributed by atoms with Crippen molar-refractivity contribution < 1.29 is 8.42 Å². The molecule has 4 heteroatoms. The number of benzene rings is 1. The Morgan fingerprint density at radius 2 is 1.53 bits per heavy atom. The van der Waals surface area contributed by atoms with Crippen LogP contribution in [-0.2, 0) is 9.84 Å². The molecule has 0 aliphatic rings. The Hall–Kier alpha value is -0.480. The first-order chi connectivity index (χ1) is 6.76. The first-order valence-electron chi connectivity index (χ1n) is 4.76. The second kappa shape index (κ2) is 4.18. The average molecular weight is 244 g/mol. The van der Waals surface area contributed by atoms with Crippen LogP contribution < -0.4 is 0 Å². The Labute approximate surface area is 97.0 Å². The molecule has 0 bridgehead atoms. The Morgan fingerprint density at radius 1 is 1.13 bits per heavy atom. The molecule has 1 rings (SSSR count). The topological polar surface area (TPSA) is 34.1 Å². The molecule has 0 aromatic heterocycles. The summed E-state index contributed by atoms with van der Waals surface area (Å²) >= 11 is 4.02. The minimum Gasteiger partial charge on any atom is -0.223 e. The lowest BCUT2D eigenvalue weighted by Gasteiger charge is -2.13. The maximum atomic E-state index is 12.0. The largest absolute Gasteiger partial charge is 0.223 e. The molecule has 0 N–H and O–H groups in total. The van der Waals surface area contributed by atoms with E-state index in [2.05, 4.69) is 12.6 Å². The molecule has 1 aromatic rings. The highest BCUT2D eigenvalue weighted by Gasteiger charge is 2.24. The maximum Gasteiger partial charge on any atom is 0.190 e. The lowest BCUT2D eigenvalue weighted by molar-refractivity contribution is 0.594. The summed E-state index contributed by atoms with van der Waals surface area (Å²) in [6.07, 6.45) is 0. The van der Waals surface area contributed by atoms with Gasteiger partial charge in [0.1, 0.15) is 4.58 Å². The highest BCUT2D eigenvalue weighted by Crippen LogP contribution is 2.26. The van der Waals surface area contributed by atoms with Gasteiger partial charge in [-0.05, 0) is 38.8 Å². The van der Waals surface area contributed by atoms with E-state index in [0.29, 0.717) is 4.90 Å². The lowest BCUT2D eigenvalue weighted by Crippen LogP contribution is -2.14. The number of aryl methyl sites for hydroxylation is 3. The Balaban J connectivity index is 3.52. The van der Waals surface area contributed by atoms with Crippen molar-refractivity contribution in [2.45, 2.75) is 37.2 Å². The van der Waals surface area contributed by atoms with Crippen molar-refractivity contribution in [1.29, 1.82) is 0 Å². The predicted molar refractivity (Wildman–Crippen MR) is 66.3 cm³/mol. The standard InChI is InChI=1S/C11H16O2S2/c1-7-5-8(2)11(9(3)6-7)15(12,13)10(4)14/h5-6,10,14H,1-4H3. The molecule has 0 saturated carbocycles. The van der Waals surface area contributed by atoms with Crippen LogP contribution in [0.15, 0.2) is 17.0 Å². The Bertz CT molecular complexity index is 450. The molecule has 0 amide bonds. The fraction of sp³-hybridized carbons (Fsp3) is 0.455. The quantitative estimate of drug-likeness (QED) is 0.812. The van der Waals surface area contributed by atoms with Gasteiger partial charge in [0, 0.05) is 0 Å². The monoisotopic (exact) mass is 244 g/mol. The van der Waals surface area contributed by atoms with Crippen LogP contribution in [-0.4, -0.2) is 13.0 Å². The van der Waals surface area contributed by atoms with Gasteiger partial charge >= 0.3 is 0 Å². The zero-order valence-electron chi connectivity index (χ0n) is 9.40. The van der Waals surface area contributed by atoms with E-state index in [-0.39, 0.29) is 0 Å². The van der Waals surface area contributed by atoms with E-state index in [1.54, 1.807) is 6.92 Å². The molecule has 2 nitrogen and oxygen atoms in total. The third-order valence-electron chi connectivity index (χ3n) is 2.34. The van der Waals surface area contributed by atoms with Crippen molar-refractivity contribution in [2.24, 2.45) is 0 Å². The lowest BCUT2D eigenvalue weighted by atomic mass is 10.1. The summed E-state index contributed by atoms with van der Waals surface area (Å²) in [7, 11) is -3.29. The summed E-state index contributed by atoms with van der Waals surface area (Å²) < 4.78 is 23.3. The van der Waals surface area contributed by atoms with Crippen molar-refractivity contribution in [1.82, 2.24) is 0 Å². The number of hydrogen-bond donors (Lipinski definition) is 1. The van der Waals surface area contributed by atoms with Crippen LogP contribution in [0.1, 0.15) is 23.6 Å². The molecule has 0 radical (unpaired) electrons. The number of hydrogen-bond acceptors (Lipinski definition) is 3. The molecule has 0 fully saturated rings. The highest BCUT2D eigenvalue weighted by molar-refractivity contribution is 8.04. The van der Waals surface area contributed by atoms with Crippen molar-refractivity contribution in [3.05, 3.63) is 28.8 Å². The Morgan fingerprint density at radius 3 is 1.87 bits per heavy atom. The van der Waals surface area contributed by atoms with Crippen LogP contribution in [0.2, 0.25) is 0 Å². The normalized spacial score (nSPS) is 13.9. The van der Waals surface area contributed by atoms with Gasteiger partial charge in [-0.2, -0.15) is 12.6 Å². The summed E-state index contributed by atoms with van der Waals surface area (Å²) in [6.45, 7) is 7.18. The molecular formula is C11H16O2S2. The molecule has 0 aliphatic carbocycles. The number of thiol groups is 1. The van der Waals surface area contributed by atoms with E-state index in [9.17, 15) is 8.42 Å². The SMILES string of the molecule is Cc1cc(C)c(S(=O)(=O)C(C)S)c(C)c1. The fourth-order valence-corrected chi connectivity index (χ4v) is 3.46. The van der Waals surface area contributed by atoms with E-state index >= 15 is 0 Å². The first-order valence-corrected chi connectivity index (χ1v) is 6.83. The summed E-state index contributed by atoms with van der Waals surface area (Å²) in [5.41, 5.74) is 2.68. The van der Waals surface area contributed by atoms with Gasteiger partial charge in [0.15, 0.2) is 9.84 Å². The minimum atomic E-state index is -3.29. The Kier molecular flexibility index (Phi) is 3.51. The number of sulfone groups is 1. The second-order valence-electron chi connectivity index (χ2n) is 3.87. The fourth-order valence-electron chi connectivity index (χ4n) is 1.79. The molecule has 0 saturated heterocycles. The molecule has 0 spiro atoms. The summed E-state index contributed by atoms with van der Waals surface area (Å²) in [5, 5.41) is 0. The smallest absolute Gasteiger partial charge is 0.190 e. The van der Waals surface area contributed by atoms with Crippen LogP contribution in [0, 0.1) is 20.8 Å². The van der Waals surface area contributed by atoms with Gasteiger partial charge in [-0.15, -0.1) is 0 Å². The van der Waals surface area contributed by atoms with E-state index < -0.39 is 14.4 Å². The predicted octanol–water partition coefficient (Wildman–Crippen LogP) is 2.66. The summed E-state index contributed by atoms with van der Waals surface area (Å²) in [4.78, 5) is 0.426. The van der Waals surface area contributed by atoms with Gasteiger partial charge in [-0.3, -0.25) is 0 Å². The van der Waals surface area contributed by atoms with Crippen LogP contribution in [0.5, 0.6) is 0 Å². The zero-order valence-corrected chi connectivity index (χ0v) is 11.1. The first kappa shape index (κ1) is 12.6. The van der Waals surface area contributed by atoms with Gasteiger partial charge in [0.2, 0.25) is 0 Å². The van der Waals surface area contributed by atoms with Crippen molar-refractivity contribution in [3.8, 4) is 0 Å². The molecular weight excluding hydrogens is 228 g/mol. The number of rotatable bonds is 2. The van der Waals surface area contributed by atoms with Gasteiger partial charge in [0.05, 0.1) is 4.90 Å². The molecule has 84 valence electrons. The van der Waals surface area contributed by atoms with E-state index in [1.165, 1.54) is 0 Å². The van der Waals surface area contributed by atoms with Gasteiger partial charge in [-0.25, -0.2) is 8.42 Å². The molecule has 1 atom stereocenters. The van der Waals surface area contributed by atoms with Crippen molar-refractivity contribution in [3.63, 3.8) is 0 Å². The minimum absolute atomic E-state index is 0.426. The van der Waals surface area contributed by atoms with Gasteiger partial charge < -0.3 is 0 Å². The van der Waals surface area contributed by atoms with Crippen LogP contribution in [0.25, 0.3) is 0 Å². The van der Waals surface area contributed by atoms with E-state index in [0.717, 1.165) is 16.7 Å². The van der Waals surface area contributed by atoms with Crippen LogP contribution >= 0.6 is 12.6 Å². The average Bonchev–Trinajstić information content (AvgIpc) is 2.00. The van der Waals surface area contributed by atoms with Gasteiger partial charge in [0.25, 0.3) is 0 Å². The van der Waals surface area contributed by atoms with Crippen molar-refractivity contribution in [2.75, 3.05) is 0 Å². The summed E-state index contributed by atoms with van der Waals surface area (Å²) in [6, 6.07) is 3.77. The molecule has 0 heterocycles. The third-order valence-corrected chi connectivity index (χ3v) is 5.28. The highest BCUT2D eigenvalue weighted by atomic mass is 32.2. The van der Waals surface area contributed by atoms with Gasteiger partial charge in [-0.1, -0.05) is 17.7 Å². The van der Waals surface area contributed by atoms with E-state index in [4.69, 9.17) is 0 Å². The van der Waals surface area contributed by atoms with Crippen LogP contribution in [0.3, 0.4) is 0 Å². The molecule has 0 aliphatic heterocycles.